The molecule has 0 amide bonds. The van der Waals surface area contributed by atoms with E-state index in [1.807, 2.05) is 30.3 Å². The fraction of sp³-hybridized carbons (Fsp3) is 0.360. The number of hydrogen-bond donors (Lipinski definition) is 3. The molecule has 0 bridgehead atoms. The highest BCUT2D eigenvalue weighted by atomic mass is 16.7. The maximum absolute atomic E-state index is 12.7. The second-order valence-electron chi connectivity index (χ2n) is 8.71. The number of hydrogen-bond acceptors (Lipinski definition) is 10. The van der Waals surface area contributed by atoms with Crippen LogP contribution in [0.15, 0.2) is 54.6 Å². The van der Waals surface area contributed by atoms with Crippen molar-refractivity contribution in [1.29, 1.82) is 0 Å². The van der Waals surface area contributed by atoms with Crippen molar-refractivity contribution >= 4 is 17.6 Å². The van der Waals surface area contributed by atoms with Crippen molar-refractivity contribution < 1.29 is 38.4 Å². The molecule has 0 aromatic heterocycles. The number of methoxy groups -OCH3 is 1. The van der Waals surface area contributed by atoms with E-state index in [4.69, 9.17) is 29.4 Å². The Morgan fingerprint density at radius 2 is 1.71 bits per heavy atom. The Balaban J connectivity index is 1.87. The molecule has 2 aliphatic heterocycles. The van der Waals surface area contributed by atoms with Crippen LogP contribution in [0.25, 0.3) is 0 Å². The standard InChI is InChI=1S/C25H28N2O8/c1-23(2)25(30)24(34-21(28)9-10-22(29)35-25,27-12-11-16-7-5-4-6-8-16)17-13-18(26)20(32-15-31-3)14-19(17)33-23/h4-10,13-14,27,30H,11-12,15,26H2,1-3H3/b10-9-. The van der Waals surface area contributed by atoms with E-state index in [2.05, 4.69) is 5.32 Å². The zero-order valence-corrected chi connectivity index (χ0v) is 19.7. The number of nitrogens with one attached hydrogen (secondary N) is 1. The first-order valence-electron chi connectivity index (χ1n) is 11.0. The van der Waals surface area contributed by atoms with Gasteiger partial charge < -0.3 is 34.5 Å². The Kier molecular flexibility index (Phi) is 6.46. The Labute approximate surface area is 202 Å². The zero-order valence-electron chi connectivity index (χ0n) is 19.7. The van der Waals surface area contributed by atoms with Gasteiger partial charge in [-0.3, -0.25) is 5.32 Å². The Morgan fingerprint density at radius 3 is 2.40 bits per heavy atom. The number of carbonyl (C=O) groups is 2. The molecular formula is C25H28N2O8. The number of anilines is 1. The molecule has 0 aliphatic carbocycles. The van der Waals surface area contributed by atoms with Crippen molar-refractivity contribution in [1.82, 2.24) is 5.32 Å². The molecule has 4 rings (SSSR count). The van der Waals surface area contributed by atoms with Crippen LogP contribution in [0.4, 0.5) is 5.69 Å². The number of rotatable bonds is 7. The smallest absolute Gasteiger partial charge is 0.333 e. The zero-order chi connectivity index (χ0) is 25.3. The summed E-state index contributed by atoms with van der Waals surface area (Å²) in [6.07, 6.45) is 2.33. The van der Waals surface area contributed by atoms with E-state index in [-0.39, 0.29) is 36.1 Å². The Morgan fingerprint density at radius 1 is 1.03 bits per heavy atom. The highest BCUT2D eigenvalue weighted by molar-refractivity contribution is 5.93. The van der Waals surface area contributed by atoms with E-state index in [1.54, 1.807) is 0 Å². The summed E-state index contributed by atoms with van der Waals surface area (Å²) in [5.74, 6) is -3.82. The van der Waals surface area contributed by atoms with Crippen LogP contribution in [0.5, 0.6) is 11.5 Å². The third kappa shape index (κ3) is 4.31. The van der Waals surface area contributed by atoms with Gasteiger partial charge in [0.25, 0.3) is 5.72 Å². The monoisotopic (exact) mass is 484 g/mol. The summed E-state index contributed by atoms with van der Waals surface area (Å²) in [6, 6.07) is 12.6. The molecule has 0 spiro atoms. The normalized spacial score (nSPS) is 25.6. The van der Waals surface area contributed by atoms with Gasteiger partial charge in [0.2, 0.25) is 0 Å². The average Bonchev–Trinajstić information content (AvgIpc) is 2.81. The molecule has 0 radical (unpaired) electrons. The topological polar surface area (TPSA) is 139 Å². The van der Waals surface area contributed by atoms with E-state index in [0.29, 0.717) is 6.42 Å². The lowest BCUT2D eigenvalue weighted by Gasteiger charge is -2.55. The molecule has 10 nitrogen and oxygen atoms in total. The van der Waals surface area contributed by atoms with Gasteiger partial charge in [-0.15, -0.1) is 0 Å². The van der Waals surface area contributed by atoms with Gasteiger partial charge in [-0.1, -0.05) is 30.3 Å². The van der Waals surface area contributed by atoms with Crippen molar-refractivity contribution in [2.24, 2.45) is 0 Å². The fourth-order valence-corrected chi connectivity index (χ4v) is 4.23. The SMILES string of the molecule is COCOc1cc2c(cc1N)C1(NCCc3ccccc3)OC(=O)/C=C\C(=O)OC1(O)C(C)(C)O2. The quantitative estimate of drug-likeness (QED) is 0.303. The van der Waals surface area contributed by atoms with Crippen LogP contribution >= 0.6 is 0 Å². The molecule has 186 valence electrons. The van der Waals surface area contributed by atoms with Crippen LogP contribution in [0, 0.1) is 0 Å². The molecule has 2 atom stereocenters. The third-order valence-electron chi connectivity index (χ3n) is 5.97. The molecule has 2 aliphatic rings. The second kappa shape index (κ2) is 9.21. The maximum Gasteiger partial charge on any atom is 0.333 e. The summed E-state index contributed by atoms with van der Waals surface area (Å²) in [4.78, 5) is 25.2. The van der Waals surface area contributed by atoms with Gasteiger partial charge in [0.05, 0.1) is 11.3 Å². The lowest BCUT2D eigenvalue weighted by Crippen LogP contribution is -2.76. The predicted octanol–water partition coefficient (Wildman–Crippen LogP) is 1.75. The van der Waals surface area contributed by atoms with Crippen molar-refractivity contribution in [3.05, 3.63) is 65.7 Å². The van der Waals surface area contributed by atoms with Gasteiger partial charge in [0.15, 0.2) is 12.4 Å². The van der Waals surface area contributed by atoms with E-state index >= 15 is 0 Å². The maximum atomic E-state index is 12.7. The minimum atomic E-state index is -2.48. The second-order valence-corrected chi connectivity index (χ2v) is 8.71. The number of esters is 2. The number of carbonyl (C=O) groups excluding carboxylic acids is 2. The van der Waals surface area contributed by atoms with Crippen LogP contribution in [0.1, 0.15) is 25.0 Å². The summed E-state index contributed by atoms with van der Waals surface area (Å²) >= 11 is 0. The van der Waals surface area contributed by atoms with Crippen LogP contribution < -0.4 is 20.5 Å². The van der Waals surface area contributed by atoms with Crippen molar-refractivity contribution in [2.75, 3.05) is 26.2 Å². The van der Waals surface area contributed by atoms with Crippen molar-refractivity contribution in [2.45, 2.75) is 37.4 Å². The summed E-state index contributed by atoms with van der Waals surface area (Å²) in [5.41, 5.74) is 3.89. The number of nitrogen functional groups attached to an aromatic ring is 1. The molecule has 2 heterocycles. The van der Waals surface area contributed by atoms with Gasteiger partial charge in [0, 0.05) is 31.9 Å². The minimum Gasteiger partial charge on any atom is -0.480 e. The molecule has 2 aromatic carbocycles. The summed E-state index contributed by atoms with van der Waals surface area (Å²) in [6.45, 7) is 3.20. The first-order valence-corrected chi connectivity index (χ1v) is 11.0. The van der Waals surface area contributed by atoms with Gasteiger partial charge in [-0.2, -0.15) is 0 Å². The highest BCUT2D eigenvalue weighted by Gasteiger charge is 2.71. The van der Waals surface area contributed by atoms with Crippen LogP contribution in [0.2, 0.25) is 0 Å². The van der Waals surface area contributed by atoms with E-state index in [1.165, 1.54) is 33.1 Å². The first kappa shape index (κ1) is 24.5. The molecule has 2 aromatic rings. The van der Waals surface area contributed by atoms with E-state index in [0.717, 1.165) is 17.7 Å². The molecular weight excluding hydrogens is 456 g/mol. The molecule has 4 N–H and O–H groups in total. The lowest BCUT2D eigenvalue weighted by molar-refractivity contribution is -0.363. The molecule has 35 heavy (non-hydrogen) atoms. The number of benzene rings is 2. The van der Waals surface area contributed by atoms with Gasteiger partial charge in [-0.05, 0) is 31.9 Å². The van der Waals surface area contributed by atoms with Crippen molar-refractivity contribution in [3.63, 3.8) is 0 Å². The van der Waals surface area contributed by atoms with Crippen LogP contribution in [-0.2, 0) is 35.9 Å². The first-order chi connectivity index (χ1) is 16.6. The fourth-order valence-electron chi connectivity index (χ4n) is 4.23. The largest absolute Gasteiger partial charge is 0.480 e. The Bertz CT molecular complexity index is 1150. The van der Waals surface area contributed by atoms with Crippen LogP contribution in [-0.4, -0.2) is 48.9 Å². The molecule has 2 unspecified atom stereocenters. The molecule has 0 fully saturated rings. The average molecular weight is 485 g/mol. The van der Waals surface area contributed by atoms with Gasteiger partial charge in [-0.25, -0.2) is 9.59 Å². The van der Waals surface area contributed by atoms with Gasteiger partial charge >= 0.3 is 17.7 Å². The molecule has 10 heteroatoms. The summed E-state index contributed by atoms with van der Waals surface area (Å²) in [7, 11) is 1.47. The number of fused-ring (bicyclic) bond motifs is 3. The number of aliphatic hydroxyl groups is 1. The van der Waals surface area contributed by atoms with Crippen molar-refractivity contribution in [3.8, 4) is 11.5 Å². The van der Waals surface area contributed by atoms with Crippen LogP contribution in [0.3, 0.4) is 0 Å². The van der Waals surface area contributed by atoms with E-state index in [9.17, 15) is 14.7 Å². The predicted molar refractivity (Wildman–Crippen MR) is 124 cm³/mol. The lowest BCUT2D eigenvalue weighted by atomic mass is 9.78. The van der Waals surface area contributed by atoms with E-state index < -0.39 is 29.1 Å². The Hall–Kier alpha value is -3.60. The number of ether oxygens (including phenoxy) is 5. The molecule has 0 saturated heterocycles. The number of nitrogens with two attached hydrogens (primary N) is 1. The molecule has 0 saturated carbocycles. The summed E-state index contributed by atoms with van der Waals surface area (Å²) < 4.78 is 27.9. The minimum absolute atomic E-state index is 0.0613. The summed E-state index contributed by atoms with van der Waals surface area (Å²) in [5, 5.41) is 15.1. The van der Waals surface area contributed by atoms with Gasteiger partial charge in [0.1, 0.15) is 11.5 Å². The third-order valence-corrected chi connectivity index (χ3v) is 5.97. The highest BCUT2D eigenvalue weighted by Crippen LogP contribution is 2.53.